The number of nitrogens with zero attached hydrogens (tertiary/aromatic N) is 1. The van der Waals surface area contributed by atoms with Gasteiger partial charge in [-0.2, -0.15) is 0 Å². The Morgan fingerprint density at radius 1 is 1.23 bits per heavy atom. The van der Waals surface area contributed by atoms with Crippen molar-refractivity contribution in [3.63, 3.8) is 0 Å². The molecule has 158 valence electrons. The van der Waals surface area contributed by atoms with Crippen molar-refractivity contribution >= 4 is 26.7 Å². The monoisotopic (exact) mass is 430 g/mol. The molecule has 0 radical (unpaired) electrons. The maximum atomic E-state index is 14.3. The van der Waals surface area contributed by atoms with E-state index in [4.69, 9.17) is 4.42 Å². The van der Waals surface area contributed by atoms with E-state index in [2.05, 4.69) is 10.3 Å². The predicted molar refractivity (Wildman–Crippen MR) is 111 cm³/mol. The highest BCUT2D eigenvalue weighted by atomic mass is 32.2. The van der Waals surface area contributed by atoms with Crippen LogP contribution in [0.3, 0.4) is 0 Å². The number of carbonyl (C=O) groups is 1. The van der Waals surface area contributed by atoms with Gasteiger partial charge in [0.1, 0.15) is 6.17 Å². The number of aromatic nitrogens is 1. The third kappa shape index (κ3) is 4.09. The zero-order valence-corrected chi connectivity index (χ0v) is 17.4. The highest BCUT2D eigenvalue weighted by Gasteiger charge is 2.39. The zero-order chi connectivity index (χ0) is 21.3. The molecule has 1 fully saturated rings. The zero-order valence-electron chi connectivity index (χ0n) is 16.5. The first-order chi connectivity index (χ1) is 14.3. The molecule has 3 aromatic rings. The summed E-state index contributed by atoms with van der Waals surface area (Å²) < 4.78 is 45.5. The Morgan fingerprint density at radius 3 is 2.73 bits per heavy atom. The molecule has 0 bridgehead atoms. The molecule has 1 aromatic carbocycles. The van der Waals surface area contributed by atoms with Crippen LogP contribution in [0, 0.1) is 5.92 Å². The van der Waals surface area contributed by atoms with Gasteiger partial charge in [-0.1, -0.05) is 19.1 Å². The van der Waals surface area contributed by atoms with E-state index in [1.807, 2.05) is 6.92 Å². The minimum atomic E-state index is -3.73. The van der Waals surface area contributed by atoms with Gasteiger partial charge in [0.2, 0.25) is 0 Å². The van der Waals surface area contributed by atoms with Gasteiger partial charge in [-0.25, -0.2) is 12.8 Å². The van der Waals surface area contributed by atoms with Crippen LogP contribution in [0.5, 0.6) is 0 Å². The number of furan rings is 1. The van der Waals surface area contributed by atoms with E-state index >= 15 is 0 Å². The number of alkyl halides is 1. The summed E-state index contributed by atoms with van der Waals surface area (Å²) >= 11 is 0. The molecule has 30 heavy (non-hydrogen) atoms. The lowest BCUT2D eigenvalue weighted by Crippen LogP contribution is -2.37. The first-order valence-corrected chi connectivity index (χ1v) is 11.5. The average Bonchev–Trinajstić information content (AvgIpc) is 3.18. The van der Waals surface area contributed by atoms with E-state index in [9.17, 15) is 17.6 Å². The van der Waals surface area contributed by atoms with Crippen molar-refractivity contribution in [1.29, 1.82) is 0 Å². The number of rotatable bonds is 5. The number of pyridine rings is 1. The van der Waals surface area contributed by atoms with E-state index in [0.29, 0.717) is 18.4 Å². The Labute approximate surface area is 174 Å². The second kappa shape index (κ2) is 8.18. The third-order valence-corrected chi connectivity index (χ3v) is 7.84. The Balaban J connectivity index is 1.42. The fraction of sp³-hybridized carbons (Fsp3) is 0.364. The van der Waals surface area contributed by atoms with Crippen LogP contribution in [-0.2, 0) is 16.4 Å². The molecule has 4 rings (SSSR count). The minimum Gasteiger partial charge on any atom is -0.449 e. The van der Waals surface area contributed by atoms with E-state index in [1.165, 1.54) is 12.1 Å². The van der Waals surface area contributed by atoms with Crippen molar-refractivity contribution in [1.82, 2.24) is 10.3 Å². The highest BCUT2D eigenvalue weighted by Crippen LogP contribution is 2.34. The molecular formula is C22H23FN2O4S. The number of nitrogens with one attached hydrogen (secondary N) is 1. The largest absolute Gasteiger partial charge is 0.449 e. The minimum absolute atomic E-state index is 0.115. The summed E-state index contributed by atoms with van der Waals surface area (Å²) in [5.74, 6) is -0.00254. The van der Waals surface area contributed by atoms with Gasteiger partial charge in [-0.3, -0.25) is 9.78 Å². The number of benzene rings is 1. The van der Waals surface area contributed by atoms with Crippen molar-refractivity contribution in [3.8, 4) is 0 Å². The van der Waals surface area contributed by atoms with Crippen LogP contribution in [0.4, 0.5) is 4.39 Å². The van der Waals surface area contributed by atoms with Gasteiger partial charge in [0.15, 0.2) is 21.2 Å². The maximum absolute atomic E-state index is 14.3. The number of amides is 1. The van der Waals surface area contributed by atoms with E-state index in [1.54, 1.807) is 36.7 Å². The Kier molecular flexibility index (Phi) is 5.60. The molecule has 1 saturated carbocycles. The van der Waals surface area contributed by atoms with Crippen LogP contribution < -0.4 is 5.32 Å². The molecule has 2 heterocycles. The fourth-order valence-electron chi connectivity index (χ4n) is 3.85. The smallest absolute Gasteiger partial charge is 0.287 e. The Hall–Kier alpha value is -2.74. The van der Waals surface area contributed by atoms with Crippen LogP contribution in [-0.4, -0.2) is 30.7 Å². The molecule has 3 atom stereocenters. The molecule has 1 amide bonds. The second-order valence-electron chi connectivity index (χ2n) is 7.87. The van der Waals surface area contributed by atoms with Crippen molar-refractivity contribution in [2.45, 2.75) is 49.0 Å². The van der Waals surface area contributed by atoms with Gasteiger partial charge >= 0.3 is 0 Å². The van der Waals surface area contributed by atoms with Gasteiger partial charge in [-0.05, 0) is 55.0 Å². The van der Waals surface area contributed by atoms with Gasteiger partial charge < -0.3 is 9.73 Å². The lowest BCUT2D eigenvalue weighted by Gasteiger charge is -2.29. The lowest BCUT2D eigenvalue weighted by atomic mass is 9.89. The van der Waals surface area contributed by atoms with Crippen molar-refractivity contribution in [3.05, 3.63) is 60.1 Å². The predicted octanol–water partition coefficient (Wildman–Crippen LogP) is 4.06. The summed E-state index contributed by atoms with van der Waals surface area (Å²) in [6, 6.07) is 9.63. The van der Waals surface area contributed by atoms with Crippen LogP contribution in [0.1, 0.15) is 42.3 Å². The molecule has 3 unspecified atom stereocenters. The quantitative estimate of drug-likeness (QED) is 0.659. The number of hydrogen-bond donors (Lipinski definition) is 1. The number of fused-ring (bicyclic) bond motifs is 1. The molecular weight excluding hydrogens is 407 g/mol. The van der Waals surface area contributed by atoms with Gasteiger partial charge in [-0.15, -0.1) is 0 Å². The molecule has 6 nitrogen and oxygen atoms in total. The van der Waals surface area contributed by atoms with Crippen LogP contribution in [0.2, 0.25) is 0 Å². The van der Waals surface area contributed by atoms with Gasteiger partial charge in [0.25, 0.3) is 5.91 Å². The fourth-order valence-corrected chi connectivity index (χ4v) is 5.82. The van der Waals surface area contributed by atoms with Crippen LogP contribution in [0.15, 0.2) is 58.1 Å². The van der Waals surface area contributed by atoms with Crippen molar-refractivity contribution in [2.24, 2.45) is 5.92 Å². The normalized spacial score (nSPS) is 22.1. The van der Waals surface area contributed by atoms with E-state index in [0.717, 1.165) is 10.9 Å². The van der Waals surface area contributed by atoms with Crippen LogP contribution in [0.25, 0.3) is 11.0 Å². The number of hydrogen-bond acceptors (Lipinski definition) is 5. The van der Waals surface area contributed by atoms with Crippen LogP contribution >= 0.6 is 0 Å². The lowest BCUT2D eigenvalue weighted by molar-refractivity contribution is 0.0925. The molecule has 0 spiro atoms. The molecule has 2 aromatic heterocycles. The summed E-state index contributed by atoms with van der Waals surface area (Å²) in [6.45, 7) is 2.17. The summed E-state index contributed by atoms with van der Waals surface area (Å²) in [5, 5.41) is 2.54. The first-order valence-electron chi connectivity index (χ1n) is 9.93. The molecule has 0 saturated heterocycles. The summed E-state index contributed by atoms with van der Waals surface area (Å²) in [4.78, 5) is 16.4. The molecule has 1 aliphatic carbocycles. The van der Waals surface area contributed by atoms with Gasteiger partial charge in [0, 0.05) is 18.1 Å². The third-order valence-electron chi connectivity index (χ3n) is 5.62. The van der Waals surface area contributed by atoms with Crippen molar-refractivity contribution < 1.29 is 22.0 Å². The Morgan fingerprint density at radius 2 is 2.00 bits per heavy atom. The average molecular weight is 431 g/mol. The molecule has 1 N–H and O–H groups in total. The molecule has 1 aliphatic rings. The highest BCUT2D eigenvalue weighted by molar-refractivity contribution is 7.92. The van der Waals surface area contributed by atoms with E-state index in [-0.39, 0.29) is 35.4 Å². The topological polar surface area (TPSA) is 89.3 Å². The number of halogens is 1. The summed E-state index contributed by atoms with van der Waals surface area (Å²) in [5.41, 5.74) is 1.26. The summed E-state index contributed by atoms with van der Waals surface area (Å²) in [6.07, 6.45) is 3.17. The Bertz CT molecular complexity index is 1120. The SMILES string of the molecule is CC1CCC(F)C(S(=O)(=O)c2ccc(CNC(=O)c3cc4ccncc4o3)cc2)C1. The van der Waals surface area contributed by atoms with Gasteiger partial charge in [0.05, 0.1) is 16.3 Å². The number of sulfone groups is 1. The molecule has 8 heteroatoms. The molecule has 0 aliphatic heterocycles. The van der Waals surface area contributed by atoms with E-state index < -0.39 is 21.3 Å². The van der Waals surface area contributed by atoms with Crippen molar-refractivity contribution in [2.75, 3.05) is 0 Å². The number of carbonyl (C=O) groups excluding carboxylic acids is 1. The first kappa shape index (κ1) is 20.5. The summed E-state index contributed by atoms with van der Waals surface area (Å²) in [7, 11) is -3.73. The second-order valence-corrected chi connectivity index (χ2v) is 10.0. The standard InChI is InChI=1S/C22H23FN2O4S/c1-14-2-7-18(23)21(10-14)30(27,28)17-5-3-15(4-6-17)12-25-22(26)19-11-16-8-9-24-13-20(16)29-19/h3-6,8-9,11,13-14,18,21H,2,7,10,12H2,1H3,(H,25,26). The maximum Gasteiger partial charge on any atom is 0.287 e.